The summed E-state index contributed by atoms with van der Waals surface area (Å²) in [7, 11) is 1.78. The Morgan fingerprint density at radius 3 is 2.87 bits per heavy atom. The first-order chi connectivity index (χ1) is 15.0. The number of benzene rings is 1. The minimum absolute atomic E-state index is 0.0153. The third-order valence-corrected chi connectivity index (χ3v) is 6.14. The molecule has 0 spiro atoms. The van der Waals surface area contributed by atoms with Crippen LogP contribution in [0.2, 0.25) is 0 Å². The lowest BCUT2D eigenvalue weighted by Gasteiger charge is -2.51. The molecule has 4 heterocycles. The fraction of sp³-hybridized carbons (Fsp3) is 0.273. The van der Waals surface area contributed by atoms with E-state index in [1.807, 2.05) is 40.8 Å². The van der Waals surface area contributed by atoms with Crippen molar-refractivity contribution in [3.05, 3.63) is 78.2 Å². The molecule has 1 aromatic heterocycles. The second kappa shape index (κ2) is 7.05. The van der Waals surface area contributed by atoms with Gasteiger partial charge in [-0.3, -0.25) is 14.7 Å². The molecule has 0 fully saturated rings. The third kappa shape index (κ3) is 2.80. The van der Waals surface area contributed by atoms with Gasteiger partial charge < -0.3 is 15.1 Å². The van der Waals surface area contributed by atoms with Crippen molar-refractivity contribution < 1.29 is 13.6 Å². The average molecular weight is 424 g/mol. The number of carbonyl (C=O) groups excluding carboxylic acids is 1. The SMILES string of the molecule is CCC12C=CC=CN1C1=C(CNC(n3ccnc3-c3ccc(F)c(F)c3)N1)N(C)C2=O. The number of amides is 1. The lowest BCUT2D eigenvalue weighted by atomic mass is 9.87. The average Bonchev–Trinajstić information content (AvgIpc) is 3.29. The van der Waals surface area contributed by atoms with Gasteiger partial charge in [0.15, 0.2) is 17.9 Å². The molecule has 0 saturated carbocycles. The standard InChI is InChI=1S/C22H22F2N6O/c1-3-22-8-4-5-10-30(22)19-17(28(2)20(22)31)13-26-21(27-19)29-11-9-25-18(29)14-6-7-15(23)16(24)12-14/h4-12,21,26-27H,3,13H2,1-2H3. The fourth-order valence-electron chi connectivity index (χ4n) is 4.44. The van der Waals surface area contributed by atoms with Gasteiger partial charge in [0.05, 0.1) is 5.70 Å². The number of hydrogen-bond acceptors (Lipinski definition) is 5. The van der Waals surface area contributed by atoms with E-state index in [0.717, 1.165) is 23.7 Å². The summed E-state index contributed by atoms with van der Waals surface area (Å²) in [6.45, 7) is 2.43. The summed E-state index contributed by atoms with van der Waals surface area (Å²) in [5.74, 6) is -0.503. The molecule has 0 radical (unpaired) electrons. The molecule has 5 rings (SSSR count). The topological polar surface area (TPSA) is 65.4 Å². The van der Waals surface area contributed by atoms with Crippen LogP contribution in [0, 0.1) is 11.6 Å². The van der Waals surface area contributed by atoms with Crippen molar-refractivity contribution in [1.29, 1.82) is 0 Å². The number of carbonyl (C=O) groups is 1. The first kappa shape index (κ1) is 19.5. The molecule has 0 saturated heterocycles. The summed E-state index contributed by atoms with van der Waals surface area (Å²) in [5.41, 5.74) is 0.515. The normalized spacial score (nSPS) is 24.9. The zero-order valence-electron chi connectivity index (χ0n) is 17.1. The van der Waals surface area contributed by atoms with Crippen LogP contribution in [0.25, 0.3) is 11.4 Å². The highest BCUT2D eigenvalue weighted by Crippen LogP contribution is 2.38. The van der Waals surface area contributed by atoms with Crippen molar-refractivity contribution in [3.63, 3.8) is 0 Å². The van der Waals surface area contributed by atoms with Gasteiger partial charge in [-0.15, -0.1) is 0 Å². The number of rotatable bonds is 3. The smallest absolute Gasteiger partial charge is 0.256 e. The van der Waals surface area contributed by atoms with Crippen molar-refractivity contribution in [2.24, 2.45) is 0 Å². The summed E-state index contributed by atoms with van der Waals surface area (Å²) in [4.78, 5) is 21.2. The molecule has 31 heavy (non-hydrogen) atoms. The van der Waals surface area contributed by atoms with E-state index in [4.69, 9.17) is 0 Å². The van der Waals surface area contributed by atoms with Gasteiger partial charge in [0.2, 0.25) is 0 Å². The monoisotopic (exact) mass is 424 g/mol. The highest BCUT2D eigenvalue weighted by atomic mass is 19.2. The van der Waals surface area contributed by atoms with Crippen molar-refractivity contribution in [1.82, 2.24) is 30.0 Å². The minimum Gasteiger partial charge on any atom is -0.337 e. The number of nitrogens with one attached hydrogen (secondary N) is 2. The molecule has 2 atom stereocenters. The maximum absolute atomic E-state index is 13.8. The summed E-state index contributed by atoms with van der Waals surface area (Å²) in [5, 5.41) is 6.83. The number of halogens is 2. The van der Waals surface area contributed by atoms with Gasteiger partial charge in [-0.05, 0) is 36.8 Å². The Bertz CT molecular complexity index is 1150. The van der Waals surface area contributed by atoms with Crippen LogP contribution in [-0.2, 0) is 4.79 Å². The fourth-order valence-corrected chi connectivity index (χ4v) is 4.44. The van der Waals surface area contributed by atoms with Crippen LogP contribution >= 0.6 is 0 Å². The Kier molecular flexibility index (Phi) is 4.44. The molecule has 2 unspecified atom stereocenters. The Balaban J connectivity index is 1.53. The molecular formula is C22H22F2N6O. The molecule has 160 valence electrons. The highest BCUT2D eigenvalue weighted by molar-refractivity contribution is 5.92. The van der Waals surface area contributed by atoms with Crippen molar-refractivity contribution >= 4 is 5.91 Å². The summed E-state index contributed by atoms with van der Waals surface area (Å²) in [6, 6.07) is 3.72. The van der Waals surface area contributed by atoms with Crippen molar-refractivity contribution in [2.45, 2.75) is 25.2 Å². The van der Waals surface area contributed by atoms with E-state index >= 15 is 0 Å². The van der Waals surface area contributed by atoms with Gasteiger partial charge in [-0.1, -0.05) is 13.0 Å². The number of imidazole rings is 1. The van der Waals surface area contributed by atoms with Gasteiger partial charge in [0.25, 0.3) is 5.91 Å². The first-order valence-corrected chi connectivity index (χ1v) is 10.1. The van der Waals surface area contributed by atoms with Crippen LogP contribution in [0.5, 0.6) is 0 Å². The second-order valence-electron chi connectivity index (χ2n) is 7.72. The Morgan fingerprint density at radius 2 is 2.10 bits per heavy atom. The van der Waals surface area contributed by atoms with Crippen LogP contribution in [-0.4, -0.2) is 44.4 Å². The molecule has 2 aromatic rings. The molecular weight excluding hydrogens is 402 g/mol. The Morgan fingerprint density at radius 1 is 1.26 bits per heavy atom. The molecule has 3 aliphatic rings. The number of hydrogen-bond donors (Lipinski definition) is 2. The molecule has 7 nitrogen and oxygen atoms in total. The van der Waals surface area contributed by atoms with E-state index in [-0.39, 0.29) is 5.91 Å². The van der Waals surface area contributed by atoms with E-state index in [0.29, 0.717) is 24.4 Å². The van der Waals surface area contributed by atoms with E-state index in [1.54, 1.807) is 24.3 Å². The van der Waals surface area contributed by atoms with Crippen LogP contribution in [0.1, 0.15) is 19.6 Å². The minimum atomic E-state index is -0.924. The molecule has 1 amide bonds. The Labute approximate surface area is 178 Å². The van der Waals surface area contributed by atoms with E-state index in [2.05, 4.69) is 15.6 Å². The quantitative estimate of drug-likeness (QED) is 0.793. The zero-order chi connectivity index (χ0) is 21.8. The highest BCUT2D eigenvalue weighted by Gasteiger charge is 2.49. The number of aromatic nitrogens is 2. The summed E-state index contributed by atoms with van der Waals surface area (Å²) >= 11 is 0. The molecule has 9 heteroatoms. The number of likely N-dealkylation sites (N-methyl/N-ethyl adjacent to an activating group) is 1. The first-order valence-electron chi connectivity index (χ1n) is 10.1. The van der Waals surface area contributed by atoms with Gasteiger partial charge in [0, 0.05) is 37.7 Å². The van der Waals surface area contributed by atoms with E-state index in [1.165, 1.54) is 6.07 Å². The van der Waals surface area contributed by atoms with Gasteiger partial charge >= 0.3 is 0 Å². The summed E-state index contributed by atoms with van der Waals surface area (Å²) in [6.07, 6.45) is 11.2. The van der Waals surface area contributed by atoms with Crippen LogP contribution in [0.15, 0.2) is 66.5 Å². The largest absolute Gasteiger partial charge is 0.337 e. The lowest BCUT2D eigenvalue weighted by molar-refractivity contribution is -0.139. The maximum atomic E-state index is 13.8. The van der Waals surface area contributed by atoms with Gasteiger partial charge in [-0.2, -0.15) is 0 Å². The third-order valence-electron chi connectivity index (χ3n) is 6.14. The number of fused-ring (bicyclic) bond motifs is 2. The van der Waals surface area contributed by atoms with Gasteiger partial charge in [-0.25, -0.2) is 13.8 Å². The van der Waals surface area contributed by atoms with Crippen LogP contribution in [0.4, 0.5) is 8.78 Å². The van der Waals surface area contributed by atoms with Crippen LogP contribution < -0.4 is 10.6 Å². The predicted molar refractivity (Wildman–Crippen MR) is 111 cm³/mol. The van der Waals surface area contributed by atoms with E-state index < -0.39 is 23.5 Å². The maximum Gasteiger partial charge on any atom is 0.256 e. The van der Waals surface area contributed by atoms with E-state index in [9.17, 15) is 13.6 Å². The molecule has 0 aliphatic carbocycles. The second-order valence-corrected chi connectivity index (χ2v) is 7.72. The van der Waals surface area contributed by atoms with Crippen LogP contribution in [0.3, 0.4) is 0 Å². The number of nitrogens with zero attached hydrogens (tertiary/aromatic N) is 4. The molecule has 3 aliphatic heterocycles. The molecule has 0 bridgehead atoms. The Hall–Kier alpha value is -3.46. The van der Waals surface area contributed by atoms with Crippen molar-refractivity contribution in [3.8, 4) is 11.4 Å². The molecule has 2 N–H and O–H groups in total. The predicted octanol–water partition coefficient (Wildman–Crippen LogP) is 2.65. The van der Waals surface area contributed by atoms with Gasteiger partial charge in [0.1, 0.15) is 17.2 Å². The molecule has 1 aromatic carbocycles. The lowest BCUT2D eigenvalue weighted by Crippen LogP contribution is -2.65. The van der Waals surface area contributed by atoms with Crippen molar-refractivity contribution in [2.75, 3.05) is 13.6 Å². The number of allylic oxidation sites excluding steroid dienone is 2. The summed E-state index contributed by atoms with van der Waals surface area (Å²) < 4.78 is 29.0. The zero-order valence-corrected chi connectivity index (χ0v) is 17.1.